The van der Waals surface area contributed by atoms with Crippen LogP contribution in [0, 0.1) is 6.92 Å². The second-order valence-corrected chi connectivity index (χ2v) is 6.39. The highest BCUT2D eigenvalue weighted by Crippen LogP contribution is 2.28. The lowest BCUT2D eigenvalue weighted by atomic mass is 10.2. The molecule has 128 valence electrons. The molecule has 1 N–H and O–H groups in total. The van der Waals surface area contributed by atoms with Crippen molar-refractivity contribution in [3.05, 3.63) is 53.1 Å². The number of aryl methyl sites for hydroxylation is 1. The van der Waals surface area contributed by atoms with Crippen molar-refractivity contribution in [2.24, 2.45) is 0 Å². The van der Waals surface area contributed by atoms with Gasteiger partial charge in [0, 0.05) is 16.8 Å². The normalized spacial score (nSPS) is 10.6. The molecule has 0 saturated heterocycles. The average molecular weight is 347 g/mol. The molecule has 0 saturated carbocycles. The molecular weight excluding hydrogens is 324 g/mol. The summed E-state index contributed by atoms with van der Waals surface area (Å²) in [5.41, 5.74) is 2.78. The van der Waals surface area contributed by atoms with E-state index in [9.17, 15) is 4.79 Å². The molecule has 0 spiro atoms. The average Bonchev–Trinajstić information content (AvgIpc) is 2.53. The van der Waals surface area contributed by atoms with Crippen LogP contribution in [0.15, 0.2) is 42.5 Å². The minimum Gasteiger partial charge on any atom is -0.495 e. The van der Waals surface area contributed by atoms with Gasteiger partial charge < -0.3 is 15.0 Å². The van der Waals surface area contributed by atoms with Gasteiger partial charge in [0.2, 0.25) is 5.91 Å². The third-order valence-corrected chi connectivity index (χ3v) is 3.97. The van der Waals surface area contributed by atoms with Crippen molar-refractivity contribution in [3.63, 3.8) is 0 Å². The highest BCUT2D eigenvalue weighted by atomic mass is 35.5. The van der Waals surface area contributed by atoms with Crippen LogP contribution in [0.2, 0.25) is 5.02 Å². The molecule has 4 nitrogen and oxygen atoms in total. The zero-order valence-electron chi connectivity index (χ0n) is 14.5. The van der Waals surface area contributed by atoms with Crippen LogP contribution in [0.4, 0.5) is 11.4 Å². The van der Waals surface area contributed by atoms with Gasteiger partial charge in [-0.05, 0) is 51.1 Å². The van der Waals surface area contributed by atoms with Crippen molar-refractivity contribution in [2.75, 3.05) is 23.9 Å². The van der Waals surface area contributed by atoms with Gasteiger partial charge in [0.1, 0.15) is 5.75 Å². The topological polar surface area (TPSA) is 41.6 Å². The van der Waals surface area contributed by atoms with Gasteiger partial charge in [-0.1, -0.05) is 29.3 Å². The fraction of sp³-hybridized carbons (Fsp3) is 0.316. The fourth-order valence-corrected chi connectivity index (χ4v) is 2.60. The van der Waals surface area contributed by atoms with Crippen LogP contribution in [0.5, 0.6) is 5.75 Å². The van der Waals surface area contributed by atoms with E-state index in [0.29, 0.717) is 16.5 Å². The molecule has 0 aliphatic heterocycles. The zero-order chi connectivity index (χ0) is 17.7. The summed E-state index contributed by atoms with van der Waals surface area (Å²) in [4.78, 5) is 14.5. The number of hydrogen-bond acceptors (Lipinski definition) is 3. The van der Waals surface area contributed by atoms with E-state index >= 15 is 0 Å². The summed E-state index contributed by atoms with van der Waals surface area (Å²) in [6.07, 6.45) is 0. The number of anilines is 2. The molecule has 24 heavy (non-hydrogen) atoms. The van der Waals surface area contributed by atoms with E-state index < -0.39 is 0 Å². The lowest BCUT2D eigenvalue weighted by Gasteiger charge is -2.28. The lowest BCUT2D eigenvalue weighted by Crippen LogP contribution is -2.38. The molecule has 0 fully saturated rings. The second kappa shape index (κ2) is 8.06. The number of nitrogens with one attached hydrogen (secondary N) is 1. The Hall–Kier alpha value is -2.20. The number of rotatable bonds is 6. The highest BCUT2D eigenvalue weighted by Gasteiger charge is 2.16. The van der Waals surface area contributed by atoms with Crippen LogP contribution in [0.25, 0.3) is 0 Å². The Bertz CT molecular complexity index is 699. The second-order valence-electron chi connectivity index (χ2n) is 5.95. The summed E-state index contributed by atoms with van der Waals surface area (Å²) in [7, 11) is 1.56. The van der Waals surface area contributed by atoms with Crippen molar-refractivity contribution in [3.8, 4) is 5.75 Å². The molecule has 0 heterocycles. The quantitative estimate of drug-likeness (QED) is 0.836. The van der Waals surface area contributed by atoms with E-state index in [1.54, 1.807) is 25.3 Å². The van der Waals surface area contributed by atoms with Gasteiger partial charge in [-0.3, -0.25) is 4.79 Å². The summed E-state index contributed by atoms with van der Waals surface area (Å²) >= 11 is 6.01. The number of carbonyl (C=O) groups is 1. The molecule has 1 amide bonds. The molecule has 2 rings (SSSR count). The number of benzene rings is 2. The van der Waals surface area contributed by atoms with E-state index in [-0.39, 0.29) is 18.5 Å². The minimum absolute atomic E-state index is 0.121. The van der Waals surface area contributed by atoms with Crippen molar-refractivity contribution >= 4 is 28.9 Å². The zero-order valence-corrected chi connectivity index (χ0v) is 15.2. The molecule has 0 radical (unpaired) electrons. The standard InChI is InChI=1S/C19H23ClN2O2/c1-13(2)22(16-8-5-14(3)6-9-16)12-19(23)21-17-11-15(20)7-10-18(17)24-4/h5-11,13H,12H2,1-4H3,(H,21,23). The maximum absolute atomic E-state index is 12.5. The smallest absolute Gasteiger partial charge is 0.244 e. The van der Waals surface area contributed by atoms with Gasteiger partial charge >= 0.3 is 0 Å². The number of carbonyl (C=O) groups excluding carboxylic acids is 1. The van der Waals surface area contributed by atoms with Crippen LogP contribution in [-0.4, -0.2) is 25.6 Å². The van der Waals surface area contributed by atoms with Crippen molar-refractivity contribution < 1.29 is 9.53 Å². The van der Waals surface area contributed by atoms with Gasteiger partial charge in [-0.15, -0.1) is 0 Å². The van der Waals surface area contributed by atoms with E-state index in [1.807, 2.05) is 36.1 Å². The van der Waals surface area contributed by atoms with Crippen molar-refractivity contribution in [2.45, 2.75) is 26.8 Å². The molecule has 2 aromatic rings. The Morgan fingerprint density at radius 3 is 2.46 bits per heavy atom. The molecule has 0 aromatic heterocycles. The number of ether oxygens (including phenoxy) is 1. The number of methoxy groups -OCH3 is 1. The van der Waals surface area contributed by atoms with Gasteiger partial charge in [-0.25, -0.2) is 0 Å². The van der Waals surface area contributed by atoms with Gasteiger partial charge in [-0.2, -0.15) is 0 Å². The lowest BCUT2D eigenvalue weighted by molar-refractivity contribution is -0.115. The Kier molecular flexibility index (Phi) is 6.10. The first-order valence-electron chi connectivity index (χ1n) is 7.87. The molecule has 0 aliphatic carbocycles. The minimum atomic E-state index is -0.121. The highest BCUT2D eigenvalue weighted by molar-refractivity contribution is 6.31. The first-order chi connectivity index (χ1) is 11.4. The molecule has 0 atom stereocenters. The van der Waals surface area contributed by atoms with Crippen LogP contribution in [0.3, 0.4) is 0 Å². The number of halogens is 1. The SMILES string of the molecule is COc1ccc(Cl)cc1NC(=O)CN(c1ccc(C)cc1)C(C)C. The Labute approximate surface area is 148 Å². The van der Waals surface area contributed by atoms with Gasteiger partial charge in [0.25, 0.3) is 0 Å². The van der Waals surface area contributed by atoms with Crippen molar-refractivity contribution in [1.29, 1.82) is 0 Å². The molecule has 0 aliphatic rings. The van der Waals surface area contributed by atoms with Crippen LogP contribution >= 0.6 is 11.6 Å². The van der Waals surface area contributed by atoms with E-state index in [4.69, 9.17) is 16.3 Å². The summed E-state index contributed by atoms with van der Waals surface area (Å²) in [5.74, 6) is 0.462. The predicted molar refractivity (Wildman–Crippen MR) is 100 cm³/mol. The first kappa shape index (κ1) is 18.1. The van der Waals surface area contributed by atoms with E-state index in [2.05, 4.69) is 19.2 Å². The first-order valence-corrected chi connectivity index (χ1v) is 8.25. The number of hydrogen-bond donors (Lipinski definition) is 1. The number of nitrogens with zero attached hydrogens (tertiary/aromatic N) is 1. The monoisotopic (exact) mass is 346 g/mol. The largest absolute Gasteiger partial charge is 0.495 e. The molecule has 0 unspecified atom stereocenters. The van der Waals surface area contributed by atoms with Crippen LogP contribution in [0.1, 0.15) is 19.4 Å². The summed E-state index contributed by atoms with van der Waals surface area (Å²) < 4.78 is 5.26. The summed E-state index contributed by atoms with van der Waals surface area (Å²) in [6.45, 7) is 6.41. The maximum Gasteiger partial charge on any atom is 0.244 e. The van der Waals surface area contributed by atoms with Crippen molar-refractivity contribution in [1.82, 2.24) is 0 Å². The third-order valence-electron chi connectivity index (χ3n) is 3.74. The van der Waals surface area contributed by atoms with E-state index in [1.165, 1.54) is 5.56 Å². The van der Waals surface area contributed by atoms with Gasteiger partial charge in [0.15, 0.2) is 0 Å². The Morgan fingerprint density at radius 1 is 1.21 bits per heavy atom. The van der Waals surface area contributed by atoms with E-state index in [0.717, 1.165) is 5.69 Å². The summed E-state index contributed by atoms with van der Waals surface area (Å²) in [6, 6.07) is 13.5. The molecule has 2 aromatic carbocycles. The van der Waals surface area contributed by atoms with Crippen LogP contribution in [-0.2, 0) is 4.79 Å². The van der Waals surface area contributed by atoms with Gasteiger partial charge in [0.05, 0.1) is 19.3 Å². The Morgan fingerprint density at radius 2 is 1.88 bits per heavy atom. The van der Waals surface area contributed by atoms with Crippen LogP contribution < -0.4 is 15.0 Å². The third kappa shape index (κ3) is 4.65. The molecule has 5 heteroatoms. The Balaban J connectivity index is 2.14. The predicted octanol–water partition coefficient (Wildman–Crippen LogP) is 4.51. The maximum atomic E-state index is 12.5. The number of amides is 1. The molecular formula is C19H23ClN2O2. The molecule has 0 bridgehead atoms. The summed E-state index contributed by atoms with van der Waals surface area (Å²) in [5, 5.41) is 3.43. The fourth-order valence-electron chi connectivity index (χ4n) is 2.43.